The molecule has 1 heterocycles. The molecule has 0 bridgehead atoms. The third-order valence-electron chi connectivity index (χ3n) is 1.80. The number of alkyl halides is 3. The maximum Gasteiger partial charge on any atom is 0.416 e. The molecule has 0 saturated carbocycles. The molecule has 0 atom stereocenters. The van der Waals surface area contributed by atoms with Crippen molar-refractivity contribution in [2.75, 3.05) is 13.6 Å². The Hall–Kier alpha value is -1.54. The van der Waals surface area contributed by atoms with Crippen LogP contribution in [0.4, 0.5) is 13.2 Å². The minimum Gasteiger partial charge on any atom is -0.319 e. The van der Waals surface area contributed by atoms with Crippen LogP contribution >= 0.6 is 0 Å². The molecule has 0 radical (unpaired) electrons. The van der Waals surface area contributed by atoms with Gasteiger partial charge in [-0.25, -0.2) is 4.98 Å². The lowest BCUT2D eigenvalue weighted by atomic mass is 10.2. The first-order chi connectivity index (χ1) is 7.54. The molecule has 16 heavy (non-hydrogen) atoms. The van der Waals surface area contributed by atoms with Gasteiger partial charge in [-0.2, -0.15) is 13.2 Å². The van der Waals surface area contributed by atoms with Crippen LogP contribution in [0.2, 0.25) is 0 Å². The van der Waals surface area contributed by atoms with E-state index in [1.54, 1.807) is 7.05 Å². The molecule has 2 nitrogen and oxygen atoms in total. The van der Waals surface area contributed by atoms with E-state index >= 15 is 0 Å². The first kappa shape index (κ1) is 12.5. The van der Waals surface area contributed by atoms with Crippen LogP contribution in [0.25, 0.3) is 0 Å². The number of hydrogen-bond donors (Lipinski definition) is 1. The SMILES string of the molecule is CNCCC#Cc1cc(C(F)(F)F)ccn1. The molecule has 0 amide bonds. The van der Waals surface area contributed by atoms with Crippen LogP contribution < -0.4 is 5.32 Å². The van der Waals surface area contributed by atoms with Crippen molar-refractivity contribution < 1.29 is 13.2 Å². The zero-order valence-electron chi connectivity index (χ0n) is 8.73. The van der Waals surface area contributed by atoms with Gasteiger partial charge in [0.25, 0.3) is 0 Å². The van der Waals surface area contributed by atoms with Crippen molar-refractivity contribution in [1.29, 1.82) is 0 Å². The number of aromatic nitrogens is 1. The first-order valence-corrected chi connectivity index (χ1v) is 4.71. The summed E-state index contributed by atoms with van der Waals surface area (Å²) in [6, 6.07) is 1.88. The van der Waals surface area contributed by atoms with Crippen molar-refractivity contribution in [3.8, 4) is 11.8 Å². The van der Waals surface area contributed by atoms with Crippen molar-refractivity contribution in [2.45, 2.75) is 12.6 Å². The molecular weight excluding hydrogens is 217 g/mol. The van der Waals surface area contributed by atoms with E-state index in [0.29, 0.717) is 13.0 Å². The zero-order valence-corrected chi connectivity index (χ0v) is 8.73. The smallest absolute Gasteiger partial charge is 0.319 e. The van der Waals surface area contributed by atoms with E-state index in [2.05, 4.69) is 22.1 Å². The maximum atomic E-state index is 12.3. The summed E-state index contributed by atoms with van der Waals surface area (Å²) in [5, 5.41) is 2.89. The van der Waals surface area contributed by atoms with Gasteiger partial charge in [-0.1, -0.05) is 5.92 Å². The molecule has 0 aromatic carbocycles. The van der Waals surface area contributed by atoms with Gasteiger partial charge in [-0.05, 0) is 25.1 Å². The predicted molar refractivity (Wildman–Crippen MR) is 54.7 cm³/mol. The van der Waals surface area contributed by atoms with E-state index in [1.807, 2.05) is 0 Å². The van der Waals surface area contributed by atoms with Gasteiger partial charge < -0.3 is 5.32 Å². The number of rotatable bonds is 2. The lowest BCUT2D eigenvalue weighted by Gasteiger charge is -2.05. The fourth-order valence-electron chi connectivity index (χ4n) is 1.02. The molecule has 1 rings (SSSR count). The van der Waals surface area contributed by atoms with E-state index in [0.717, 1.165) is 18.3 Å². The molecule has 0 aliphatic heterocycles. The summed E-state index contributed by atoms with van der Waals surface area (Å²) in [4.78, 5) is 3.76. The van der Waals surface area contributed by atoms with Gasteiger partial charge in [0.1, 0.15) is 5.69 Å². The van der Waals surface area contributed by atoms with Crippen LogP contribution in [0, 0.1) is 11.8 Å². The van der Waals surface area contributed by atoms with Gasteiger partial charge in [-0.3, -0.25) is 0 Å². The summed E-state index contributed by atoms with van der Waals surface area (Å²) < 4.78 is 37.0. The molecule has 0 spiro atoms. The van der Waals surface area contributed by atoms with Crippen LogP contribution in [-0.4, -0.2) is 18.6 Å². The maximum absolute atomic E-state index is 12.3. The van der Waals surface area contributed by atoms with E-state index in [9.17, 15) is 13.2 Å². The third kappa shape index (κ3) is 3.91. The second-order valence-electron chi connectivity index (χ2n) is 3.08. The highest BCUT2D eigenvalue weighted by Gasteiger charge is 2.30. The quantitative estimate of drug-likeness (QED) is 0.619. The minimum atomic E-state index is -4.34. The fraction of sp³-hybridized carbons (Fsp3) is 0.364. The van der Waals surface area contributed by atoms with Crippen molar-refractivity contribution in [2.24, 2.45) is 0 Å². The van der Waals surface area contributed by atoms with Crippen LogP contribution in [0.5, 0.6) is 0 Å². The molecule has 0 aliphatic rings. The van der Waals surface area contributed by atoms with Gasteiger partial charge in [-0.15, -0.1) is 0 Å². The van der Waals surface area contributed by atoms with E-state index in [-0.39, 0.29) is 5.69 Å². The predicted octanol–water partition coefficient (Wildman–Crippen LogP) is 2.06. The topological polar surface area (TPSA) is 24.9 Å². The van der Waals surface area contributed by atoms with Gasteiger partial charge in [0.2, 0.25) is 0 Å². The van der Waals surface area contributed by atoms with Crippen molar-refractivity contribution in [1.82, 2.24) is 10.3 Å². The highest BCUT2D eigenvalue weighted by atomic mass is 19.4. The Bertz CT molecular complexity index is 402. The number of nitrogens with one attached hydrogen (secondary N) is 1. The Morgan fingerprint density at radius 2 is 2.19 bits per heavy atom. The Kier molecular flexibility index (Phi) is 4.32. The fourth-order valence-corrected chi connectivity index (χ4v) is 1.02. The van der Waals surface area contributed by atoms with Crippen LogP contribution in [0.3, 0.4) is 0 Å². The summed E-state index contributed by atoms with van der Waals surface area (Å²) in [6.45, 7) is 0.700. The molecule has 1 N–H and O–H groups in total. The molecular formula is C11H11F3N2. The van der Waals surface area contributed by atoms with Crippen molar-refractivity contribution in [3.63, 3.8) is 0 Å². The minimum absolute atomic E-state index is 0.144. The Labute approximate surface area is 91.9 Å². The van der Waals surface area contributed by atoms with Crippen LogP contribution in [-0.2, 0) is 6.18 Å². The Balaban J connectivity index is 2.78. The molecule has 5 heteroatoms. The summed E-state index contributed by atoms with van der Waals surface area (Å²) >= 11 is 0. The van der Waals surface area contributed by atoms with Crippen LogP contribution in [0.15, 0.2) is 18.3 Å². The first-order valence-electron chi connectivity index (χ1n) is 4.71. The second kappa shape index (κ2) is 5.52. The molecule has 0 aliphatic carbocycles. The average Bonchev–Trinajstić information content (AvgIpc) is 2.24. The Morgan fingerprint density at radius 1 is 1.44 bits per heavy atom. The average molecular weight is 228 g/mol. The van der Waals surface area contributed by atoms with Gasteiger partial charge >= 0.3 is 6.18 Å². The van der Waals surface area contributed by atoms with Crippen LogP contribution in [0.1, 0.15) is 17.7 Å². The molecule has 86 valence electrons. The summed E-state index contributed by atoms with van der Waals surface area (Å²) in [6.07, 6.45) is -2.65. The molecule has 1 aromatic rings. The Morgan fingerprint density at radius 3 is 2.81 bits per heavy atom. The van der Waals surface area contributed by atoms with E-state index < -0.39 is 11.7 Å². The highest BCUT2D eigenvalue weighted by Crippen LogP contribution is 2.28. The lowest BCUT2D eigenvalue weighted by molar-refractivity contribution is -0.137. The summed E-state index contributed by atoms with van der Waals surface area (Å²) in [5.74, 6) is 5.33. The monoisotopic (exact) mass is 228 g/mol. The highest BCUT2D eigenvalue weighted by molar-refractivity contribution is 5.31. The molecule has 0 fully saturated rings. The van der Waals surface area contributed by atoms with Gasteiger partial charge in [0.15, 0.2) is 0 Å². The largest absolute Gasteiger partial charge is 0.416 e. The molecule has 0 saturated heterocycles. The van der Waals surface area contributed by atoms with E-state index in [4.69, 9.17) is 0 Å². The molecule has 1 aromatic heterocycles. The number of nitrogens with zero attached hydrogens (tertiary/aromatic N) is 1. The number of pyridine rings is 1. The zero-order chi connectivity index (χ0) is 12.0. The standard InChI is InChI=1S/C11H11F3N2/c1-15-6-3-2-4-10-8-9(5-7-16-10)11(12,13)14/h5,7-8,15H,3,6H2,1H3. The van der Waals surface area contributed by atoms with Gasteiger partial charge in [0.05, 0.1) is 5.56 Å². The summed E-state index contributed by atoms with van der Waals surface area (Å²) in [7, 11) is 1.78. The molecule has 0 unspecified atom stereocenters. The van der Waals surface area contributed by atoms with Gasteiger partial charge in [0, 0.05) is 19.2 Å². The van der Waals surface area contributed by atoms with Crippen molar-refractivity contribution >= 4 is 0 Å². The number of hydrogen-bond acceptors (Lipinski definition) is 2. The van der Waals surface area contributed by atoms with Crippen molar-refractivity contribution in [3.05, 3.63) is 29.6 Å². The lowest BCUT2D eigenvalue weighted by Crippen LogP contribution is -2.06. The second-order valence-corrected chi connectivity index (χ2v) is 3.08. The number of halogens is 3. The summed E-state index contributed by atoms with van der Waals surface area (Å²) in [5.41, 5.74) is -0.577. The third-order valence-corrected chi connectivity index (χ3v) is 1.80. The normalized spacial score (nSPS) is 10.8. The van der Waals surface area contributed by atoms with E-state index in [1.165, 1.54) is 0 Å².